The lowest BCUT2D eigenvalue weighted by molar-refractivity contribution is -0.113. The highest BCUT2D eigenvalue weighted by Gasteiger charge is 2.07. The van der Waals surface area contributed by atoms with Crippen molar-refractivity contribution >= 4 is 39.5 Å². The van der Waals surface area contributed by atoms with Gasteiger partial charge in [-0.2, -0.15) is 0 Å². The van der Waals surface area contributed by atoms with Crippen LogP contribution in [0, 0.1) is 0 Å². The van der Waals surface area contributed by atoms with Crippen LogP contribution in [0.2, 0.25) is 0 Å². The summed E-state index contributed by atoms with van der Waals surface area (Å²) in [7, 11) is 0. The molecule has 0 unspecified atom stereocenters. The predicted molar refractivity (Wildman–Crippen MR) is 58.7 cm³/mol. The first kappa shape index (κ1) is 10.1. The molecule has 0 atom stereocenters. The average molecular weight is 244 g/mol. The number of carbonyl (C=O) groups excluding carboxylic acids is 1. The molecule has 2 rings (SSSR count). The Hall–Kier alpha value is -1.40. The Morgan fingerprint density at radius 2 is 2.47 bits per heavy atom. The molecule has 1 N–H and O–H groups in total. The Bertz CT molecular complexity index is 562. The van der Waals surface area contributed by atoms with E-state index in [1.807, 2.05) is 0 Å². The van der Waals surface area contributed by atoms with Crippen LogP contribution in [-0.4, -0.2) is 21.2 Å². The molecule has 2 heterocycles. The lowest BCUT2D eigenvalue weighted by Gasteiger charge is -2.01. The maximum Gasteiger partial charge on any atom is 0.282 e. The first-order valence-electron chi connectivity index (χ1n) is 4.03. The van der Waals surface area contributed by atoms with Crippen molar-refractivity contribution < 1.29 is 4.79 Å². The van der Waals surface area contributed by atoms with Crippen molar-refractivity contribution in [3.05, 3.63) is 28.1 Å². The maximum absolute atomic E-state index is 11.7. The van der Waals surface area contributed by atoms with Crippen molar-refractivity contribution in [3.63, 3.8) is 0 Å². The molecule has 0 fully saturated rings. The number of thiazole rings is 1. The fraction of sp³-hybridized carbons (Fsp3) is 0.125. The molecule has 5 nitrogen and oxygen atoms in total. The van der Waals surface area contributed by atoms with Crippen LogP contribution in [0.25, 0.3) is 4.96 Å². The zero-order chi connectivity index (χ0) is 10.8. The number of aromatic nitrogens is 2. The van der Waals surface area contributed by atoms with Gasteiger partial charge in [-0.1, -0.05) is 0 Å². The second kappa shape index (κ2) is 4.00. The van der Waals surface area contributed by atoms with Crippen molar-refractivity contribution in [1.29, 1.82) is 0 Å². The second-order valence-corrected chi connectivity index (χ2v) is 3.85. The van der Waals surface area contributed by atoms with Crippen LogP contribution in [0.3, 0.4) is 0 Å². The first-order chi connectivity index (χ1) is 7.22. The molecule has 2 aromatic heterocycles. The Morgan fingerprint density at radius 3 is 3.20 bits per heavy atom. The van der Waals surface area contributed by atoms with Gasteiger partial charge in [0.2, 0.25) is 5.91 Å². The molecular formula is C8H6ClN3O2S. The summed E-state index contributed by atoms with van der Waals surface area (Å²) in [4.78, 5) is 27.3. The topological polar surface area (TPSA) is 63.5 Å². The molecule has 0 aliphatic heterocycles. The van der Waals surface area contributed by atoms with Gasteiger partial charge in [0, 0.05) is 11.6 Å². The van der Waals surface area contributed by atoms with Gasteiger partial charge in [0.05, 0.1) is 6.20 Å². The van der Waals surface area contributed by atoms with Gasteiger partial charge in [-0.15, -0.1) is 22.9 Å². The minimum atomic E-state index is -0.425. The molecule has 15 heavy (non-hydrogen) atoms. The number of hydrogen-bond donors (Lipinski definition) is 1. The van der Waals surface area contributed by atoms with E-state index < -0.39 is 5.91 Å². The molecule has 0 radical (unpaired) electrons. The molecule has 0 saturated heterocycles. The van der Waals surface area contributed by atoms with Crippen LogP contribution in [-0.2, 0) is 4.79 Å². The third kappa shape index (κ3) is 1.86. The molecule has 1 amide bonds. The van der Waals surface area contributed by atoms with Crippen LogP contribution in [0.4, 0.5) is 5.69 Å². The van der Waals surface area contributed by atoms with Gasteiger partial charge >= 0.3 is 0 Å². The summed E-state index contributed by atoms with van der Waals surface area (Å²) in [6.07, 6.45) is 2.93. The Kier molecular flexibility index (Phi) is 2.70. The standard InChI is InChI=1S/C8H6ClN3O2S/c9-3-6(13)11-5-4-10-8-12(7(5)14)1-2-15-8/h1-2,4H,3H2,(H,11,13). The van der Waals surface area contributed by atoms with E-state index in [-0.39, 0.29) is 17.1 Å². The number of nitrogens with one attached hydrogen (secondary N) is 1. The minimum absolute atomic E-state index is 0.136. The van der Waals surface area contributed by atoms with E-state index in [1.54, 1.807) is 11.6 Å². The molecule has 7 heteroatoms. The van der Waals surface area contributed by atoms with E-state index in [2.05, 4.69) is 10.3 Å². The molecule has 0 aliphatic carbocycles. The smallest absolute Gasteiger partial charge is 0.282 e. The van der Waals surface area contributed by atoms with E-state index in [0.717, 1.165) is 0 Å². The molecule has 78 valence electrons. The largest absolute Gasteiger partial charge is 0.319 e. The molecule has 0 aromatic carbocycles. The van der Waals surface area contributed by atoms with Gasteiger partial charge in [0.25, 0.3) is 5.56 Å². The minimum Gasteiger partial charge on any atom is -0.319 e. The molecule has 0 bridgehead atoms. The normalized spacial score (nSPS) is 10.5. The molecule has 0 spiro atoms. The number of nitrogens with zero attached hydrogens (tertiary/aromatic N) is 2. The van der Waals surface area contributed by atoms with Crippen molar-refractivity contribution in [2.24, 2.45) is 0 Å². The number of fused-ring (bicyclic) bond motifs is 1. The zero-order valence-electron chi connectivity index (χ0n) is 7.44. The van der Waals surface area contributed by atoms with Crippen LogP contribution < -0.4 is 10.9 Å². The number of rotatable bonds is 2. The zero-order valence-corrected chi connectivity index (χ0v) is 9.01. The lowest BCUT2D eigenvalue weighted by Crippen LogP contribution is -2.22. The van der Waals surface area contributed by atoms with E-state index in [9.17, 15) is 9.59 Å². The average Bonchev–Trinajstić information content (AvgIpc) is 2.70. The second-order valence-electron chi connectivity index (χ2n) is 2.71. The highest BCUT2D eigenvalue weighted by molar-refractivity contribution is 7.15. The molecular weight excluding hydrogens is 238 g/mol. The van der Waals surface area contributed by atoms with E-state index in [0.29, 0.717) is 4.96 Å². The first-order valence-corrected chi connectivity index (χ1v) is 5.44. The van der Waals surface area contributed by atoms with Gasteiger partial charge in [-0.05, 0) is 0 Å². The van der Waals surface area contributed by atoms with Gasteiger partial charge in [-0.3, -0.25) is 14.0 Å². The third-order valence-electron chi connectivity index (χ3n) is 1.74. The monoisotopic (exact) mass is 243 g/mol. The Balaban J connectivity index is 2.48. The van der Waals surface area contributed by atoms with Crippen molar-refractivity contribution in [3.8, 4) is 0 Å². The number of anilines is 1. The SMILES string of the molecule is O=C(CCl)Nc1cnc2sccn2c1=O. The van der Waals surface area contributed by atoms with Crippen LogP contribution >= 0.6 is 22.9 Å². The maximum atomic E-state index is 11.7. The molecule has 2 aromatic rings. The quantitative estimate of drug-likeness (QED) is 0.799. The highest BCUT2D eigenvalue weighted by Crippen LogP contribution is 2.07. The lowest BCUT2D eigenvalue weighted by atomic mass is 10.5. The predicted octanol–water partition coefficient (Wildman–Crippen LogP) is 0.933. The van der Waals surface area contributed by atoms with Crippen molar-refractivity contribution in [2.75, 3.05) is 11.2 Å². The molecule has 0 aliphatic rings. The number of carbonyl (C=O) groups is 1. The van der Waals surface area contributed by atoms with Gasteiger partial charge < -0.3 is 5.32 Å². The Labute approximate surface area is 93.3 Å². The van der Waals surface area contributed by atoms with Crippen LogP contribution in [0.1, 0.15) is 0 Å². The Morgan fingerprint density at radius 1 is 1.67 bits per heavy atom. The summed E-state index contributed by atoms with van der Waals surface area (Å²) in [6, 6.07) is 0. The van der Waals surface area contributed by atoms with Crippen molar-refractivity contribution in [1.82, 2.24) is 9.38 Å². The summed E-state index contributed by atoms with van der Waals surface area (Å²) in [5, 5.41) is 4.13. The van der Waals surface area contributed by atoms with E-state index >= 15 is 0 Å². The summed E-state index contributed by atoms with van der Waals surface area (Å²) in [6.45, 7) is 0. The number of alkyl halides is 1. The fourth-order valence-corrected chi connectivity index (χ4v) is 1.84. The highest BCUT2D eigenvalue weighted by atomic mass is 35.5. The van der Waals surface area contributed by atoms with E-state index in [4.69, 9.17) is 11.6 Å². The molecule has 0 saturated carbocycles. The summed E-state index contributed by atoms with van der Waals surface area (Å²) >= 11 is 6.66. The van der Waals surface area contributed by atoms with Crippen LogP contribution in [0.5, 0.6) is 0 Å². The van der Waals surface area contributed by atoms with Gasteiger partial charge in [0.15, 0.2) is 4.96 Å². The van der Waals surface area contributed by atoms with Gasteiger partial charge in [-0.25, -0.2) is 4.98 Å². The summed E-state index contributed by atoms with van der Waals surface area (Å²) < 4.78 is 1.37. The fourth-order valence-electron chi connectivity index (χ4n) is 1.09. The van der Waals surface area contributed by atoms with Crippen molar-refractivity contribution in [2.45, 2.75) is 0 Å². The van der Waals surface area contributed by atoms with Gasteiger partial charge in [0.1, 0.15) is 11.6 Å². The summed E-state index contributed by atoms with van der Waals surface area (Å²) in [5.74, 6) is -0.614. The number of hydrogen-bond acceptors (Lipinski definition) is 4. The third-order valence-corrected chi connectivity index (χ3v) is 2.75. The van der Waals surface area contributed by atoms with Crippen LogP contribution in [0.15, 0.2) is 22.6 Å². The summed E-state index contributed by atoms with van der Waals surface area (Å²) in [5.41, 5.74) is -0.170. The van der Waals surface area contributed by atoms with E-state index in [1.165, 1.54) is 21.9 Å². The number of halogens is 1. The number of amides is 1.